The number of hydrogen-bond donors (Lipinski definition) is 1. The Kier molecular flexibility index (Phi) is 6.12. The Labute approximate surface area is 136 Å². The molecule has 0 saturated carbocycles. The number of benzene rings is 2. The average Bonchev–Trinajstić information content (AvgIpc) is 2.57. The number of allylic oxidation sites excluding steroid dienone is 1. The topological polar surface area (TPSA) is 50.7 Å². The number of carbonyl (C=O) groups excluding carboxylic acids is 1. The molecule has 0 aromatic heterocycles. The lowest BCUT2D eigenvalue weighted by atomic mass is 10.2. The zero-order chi connectivity index (χ0) is 16.5. The maximum atomic E-state index is 11.9. The van der Waals surface area contributed by atoms with Gasteiger partial charge in [0.15, 0.2) is 6.10 Å². The summed E-state index contributed by atoms with van der Waals surface area (Å²) in [4.78, 5) is 11.9. The van der Waals surface area contributed by atoms with Gasteiger partial charge >= 0.3 is 0 Å². The molecule has 0 bridgehead atoms. The van der Waals surface area contributed by atoms with E-state index in [1.165, 1.54) is 6.21 Å². The van der Waals surface area contributed by atoms with Crippen LogP contribution in [0.3, 0.4) is 0 Å². The van der Waals surface area contributed by atoms with Crippen molar-refractivity contribution in [3.63, 3.8) is 0 Å². The Morgan fingerprint density at radius 3 is 2.52 bits per heavy atom. The molecule has 2 aromatic rings. The molecule has 0 fully saturated rings. The third-order valence-corrected chi connectivity index (χ3v) is 3.13. The van der Waals surface area contributed by atoms with Gasteiger partial charge in [0.1, 0.15) is 5.75 Å². The zero-order valence-corrected chi connectivity index (χ0v) is 13.3. The van der Waals surface area contributed by atoms with E-state index in [1.54, 1.807) is 13.0 Å². The first-order chi connectivity index (χ1) is 11.1. The van der Waals surface area contributed by atoms with Crippen LogP contribution in [0.2, 0.25) is 0 Å². The van der Waals surface area contributed by atoms with Crippen LogP contribution in [0.1, 0.15) is 18.1 Å². The van der Waals surface area contributed by atoms with Crippen LogP contribution >= 0.6 is 0 Å². The number of nitrogens with one attached hydrogen (secondary N) is 1. The summed E-state index contributed by atoms with van der Waals surface area (Å²) in [6.45, 7) is 3.68. The van der Waals surface area contributed by atoms with Gasteiger partial charge in [-0.3, -0.25) is 4.79 Å². The summed E-state index contributed by atoms with van der Waals surface area (Å²) in [5, 5.41) is 3.87. The summed E-state index contributed by atoms with van der Waals surface area (Å²) in [6.07, 6.45) is 4.58. The summed E-state index contributed by atoms with van der Waals surface area (Å²) in [6, 6.07) is 17.4. The van der Waals surface area contributed by atoms with Crippen LogP contribution in [0.4, 0.5) is 0 Å². The third kappa shape index (κ3) is 5.79. The molecule has 0 aliphatic carbocycles. The molecule has 0 saturated heterocycles. The predicted octanol–water partition coefficient (Wildman–Crippen LogP) is 3.58. The Hall–Kier alpha value is -2.88. The Morgan fingerprint density at radius 2 is 1.83 bits per heavy atom. The number of amides is 1. The van der Waals surface area contributed by atoms with Crippen molar-refractivity contribution in [2.45, 2.75) is 20.0 Å². The van der Waals surface area contributed by atoms with Gasteiger partial charge in [-0.25, -0.2) is 5.43 Å². The molecule has 0 aliphatic rings. The van der Waals surface area contributed by atoms with E-state index in [1.807, 2.05) is 67.6 Å². The fourth-order valence-electron chi connectivity index (χ4n) is 1.83. The molecule has 0 unspecified atom stereocenters. The lowest BCUT2D eigenvalue weighted by Crippen LogP contribution is -2.33. The van der Waals surface area contributed by atoms with Crippen LogP contribution in [0, 0.1) is 6.92 Å². The SMILES string of the molecule is Cc1ccc(O[C@@H](C)C(=O)N/N=C\C=C\c2ccccc2)cc1. The first kappa shape index (κ1) is 16.5. The van der Waals surface area contributed by atoms with Crippen molar-refractivity contribution in [1.82, 2.24) is 5.43 Å². The maximum absolute atomic E-state index is 11.9. The molecule has 118 valence electrons. The van der Waals surface area contributed by atoms with Crippen LogP contribution in [-0.4, -0.2) is 18.2 Å². The van der Waals surface area contributed by atoms with Crippen molar-refractivity contribution < 1.29 is 9.53 Å². The van der Waals surface area contributed by atoms with Gasteiger partial charge in [0, 0.05) is 6.21 Å². The number of nitrogens with zero attached hydrogens (tertiary/aromatic N) is 1. The first-order valence-corrected chi connectivity index (χ1v) is 7.43. The molecular formula is C19H20N2O2. The average molecular weight is 308 g/mol. The van der Waals surface area contributed by atoms with E-state index < -0.39 is 6.10 Å². The fraction of sp³-hybridized carbons (Fsp3) is 0.158. The van der Waals surface area contributed by atoms with E-state index in [0.717, 1.165) is 11.1 Å². The Morgan fingerprint density at radius 1 is 1.13 bits per heavy atom. The van der Waals surface area contributed by atoms with E-state index >= 15 is 0 Å². The van der Waals surface area contributed by atoms with E-state index in [4.69, 9.17) is 4.74 Å². The molecule has 0 aliphatic heterocycles. The van der Waals surface area contributed by atoms with Crippen LogP contribution in [0.5, 0.6) is 5.75 Å². The van der Waals surface area contributed by atoms with E-state index in [2.05, 4.69) is 10.5 Å². The maximum Gasteiger partial charge on any atom is 0.280 e. The fourth-order valence-corrected chi connectivity index (χ4v) is 1.83. The number of rotatable bonds is 6. The summed E-state index contributed by atoms with van der Waals surface area (Å²) < 4.78 is 5.55. The monoisotopic (exact) mass is 308 g/mol. The molecule has 0 spiro atoms. The molecule has 0 heterocycles. The normalized spacial score (nSPS) is 12.4. The van der Waals surface area contributed by atoms with Gasteiger partial charge < -0.3 is 4.74 Å². The second-order valence-electron chi connectivity index (χ2n) is 5.10. The van der Waals surface area contributed by atoms with Gasteiger partial charge in [0.25, 0.3) is 5.91 Å². The molecule has 0 radical (unpaired) electrons. The highest BCUT2D eigenvalue weighted by molar-refractivity contribution is 5.83. The second kappa shape index (κ2) is 8.54. The van der Waals surface area contributed by atoms with Crippen LogP contribution in [-0.2, 0) is 4.79 Å². The van der Waals surface area contributed by atoms with Crippen molar-refractivity contribution in [2.75, 3.05) is 0 Å². The number of aryl methyl sites for hydroxylation is 1. The summed E-state index contributed by atoms with van der Waals surface area (Å²) in [5.41, 5.74) is 4.67. The van der Waals surface area contributed by atoms with Gasteiger partial charge in [0.05, 0.1) is 0 Å². The van der Waals surface area contributed by atoms with Crippen LogP contribution in [0.15, 0.2) is 65.8 Å². The largest absolute Gasteiger partial charge is 0.481 e. The van der Waals surface area contributed by atoms with Gasteiger partial charge in [-0.05, 0) is 37.6 Å². The second-order valence-corrected chi connectivity index (χ2v) is 5.10. The number of carbonyl (C=O) groups is 1. The number of ether oxygens (including phenoxy) is 1. The lowest BCUT2D eigenvalue weighted by Gasteiger charge is -2.12. The highest BCUT2D eigenvalue weighted by Gasteiger charge is 2.13. The molecule has 1 amide bonds. The van der Waals surface area contributed by atoms with Crippen molar-refractivity contribution in [3.8, 4) is 5.75 Å². The quantitative estimate of drug-likeness (QED) is 0.655. The first-order valence-electron chi connectivity index (χ1n) is 7.43. The molecular weight excluding hydrogens is 288 g/mol. The summed E-state index contributed by atoms with van der Waals surface area (Å²) >= 11 is 0. The minimum Gasteiger partial charge on any atom is -0.481 e. The minimum absolute atomic E-state index is 0.296. The van der Waals surface area contributed by atoms with Crippen molar-refractivity contribution in [2.24, 2.45) is 5.10 Å². The van der Waals surface area contributed by atoms with Gasteiger partial charge in [-0.1, -0.05) is 54.1 Å². The van der Waals surface area contributed by atoms with E-state index in [0.29, 0.717) is 5.75 Å². The molecule has 23 heavy (non-hydrogen) atoms. The van der Waals surface area contributed by atoms with Gasteiger partial charge in [0.2, 0.25) is 0 Å². The molecule has 4 heteroatoms. The summed E-state index contributed by atoms with van der Waals surface area (Å²) in [5.74, 6) is 0.362. The summed E-state index contributed by atoms with van der Waals surface area (Å²) in [7, 11) is 0. The molecule has 2 aromatic carbocycles. The number of hydrazone groups is 1. The lowest BCUT2D eigenvalue weighted by molar-refractivity contribution is -0.127. The van der Waals surface area contributed by atoms with Gasteiger partial charge in [-0.15, -0.1) is 0 Å². The molecule has 1 N–H and O–H groups in total. The highest BCUT2D eigenvalue weighted by atomic mass is 16.5. The van der Waals surface area contributed by atoms with Crippen molar-refractivity contribution in [1.29, 1.82) is 0 Å². The third-order valence-electron chi connectivity index (χ3n) is 3.13. The molecule has 2 rings (SSSR count). The predicted molar refractivity (Wildman–Crippen MR) is 93.4 cm³/mol. The van der Waals surface area contributed by atoms with Crippen LogP contribution in [0.25, 0.3) is 6.08 Å². The van der Waals surface area contributed by atoms with E-state index in [-0.39, 0.29) is 5.91 Å². The Balaban J connectivity index is 1.78. The zero-order valence-electron chi connectivity index (χ0n) is 13.3. The van der Waals surface area contributed by atoms with Gasteiger partial charge in [-0.2, -0.15) is 5.10 Å². The highest BCUT2D eigenvalue weighted by Crippen LogP contribution is 2.13. The number of hydrogen-bond acceptors (Lipinski definition) is 3. The Bertz CT molecular complexity index is 676. The smallest absolute Gasteiger partial charge is 0.280 e. The molecule has 4 nitrogen and oxygen atoms in total. The van der Waals surface area contributed by atoms with Crippen molar-refractivity contribution >= 4 is 18.2 Å². The minimum atomic E-state index is -0.618. The van der Waals surface area contributed by atoms with Crippen molar-refractivity contribution in [3.05, 3.63) is 71.8 Å². The van der Waals surface area contributed by atoms with E-state index in [9.17, 15) is 4.79 Å². The molecule has 1 atom stereocenters. The standard InChI is InChI=1S/C19H20N2O2/c1-15-10-12-18(13-11-15)23-16(2)19(22)21-20-14-6-9-17-7-4-3-5-8-17/h3-14,16H,1-2H3,(H,21,22)/b9-6+,20-14-/t16-/m0/s1. The van der Waals surface area contributed by atoms with Crippen LogP contribution < -0.4 is 10.2 Å².